The molecule has 2 nitrogen and oxygen atoms in total. The molecule has 0 saturated carbocycles. The maximum atomic E-state index is 9.10. The average Bonchev–Trinajstić information content (AvgIpc) is 2.66. The first kappa shape index (κ1) is 10.6. The normalized spacial score (nSPS) is 22.5. The van der Waals surface area contributed by atoms with Crippen LogP contribution in [0.25, 0.3) is 10.8 Å². The van der Waals surface area contributed by atoms with Gasteiger partial charge in [-0.3, -0.25) is 0 Å². The van der Waals surface area contributed by atoms with Gasteiger partial charge in [0, 0.05) is 25.0 Å². The van der Waals surface area contributed by atoms with Crippen molar-refractivity contribution in [1.29, 1.82) is 0 Å². The summed E-state index contributed by atoms with van der Waals surface area (Å²) in [5, 5.41) is 11.6. The van der Waals surface area contributed by atoms with Gasteiger partial charge in [-0.2, -0.15) is 0 Å². The third kappa shape index (κ3) is 1.69. The Kier molecular flexibility index (Phi) is 2.33. The van der Waals surface area contributed by atoms with Gasteiger partial charge in [-0.1, -0.05) is 30.3 Å². The van der Waals surface area contributed by atoms with E-state index in [1.54, 1.807) is 0 Å². The van der Waals surface area contributed by atoms with Gasteiger partial charge in [0.25, 0.3) is 0 Å². The molecule has 3 rings (SSSR count). The summed E-state index contributed by atoms with van der Waals surface area (Å²) in [5.41, 5.74) is 1.03. The highest BCUT2D eigenvalue weighted by molar-refractivity contribution is 5.88. The Hall–Kier alpha value is -1.54. The standard InChI is InChI=1S/C15H16O2/c1-15(8-9-16)10-13-12-5-3-2-4-11(12)6-7-14(13)17-15/h2-7,16H,8-10H2,1H3. The summed E-state index contributed by atoms with van der Waals surface area (Å²) in [6.07, 6.45) is 1.56. The zero-order valence-electron chi connectivity index (χ0n) is 9.94. The zero-order valence-corrected chi connectivity index (χ0v) is 9.94. The second-order valence-corrected chi connectivity index (χ2v) is 4.97. The number of fused-ring (bicyclic) bond motifs is 3. The van der Waals surface area contributed by atoms with Gasteiger partial charge in [0.1, 0.15) is 11.4 Å². The molecule has 0 saturated heterocycles. The van der Waals surface area contributed by atoms with E-state index >= 15 is 0 Å². The molecule has 0 spiro atoms. The number of aliphatic hydroxyl groups is 1. The van der Waals surface area contributed by atoms with E-state index < -0.39 is 0 Å². The Balaban J connectivity index is 2.11. The fourth-order valence-electron chi connectivity index (χ4n) is 2.65. The molecule has 0 bridgehead atoms. The van der Waals surface area contributed by atoms with E-state index in [4.69, 9.17) is 9.84 Å². The molecule has 0 aliphatic carbocycles. The van der Waals surface area contributed by atoms with Gasteiger partial charge in [0.05, 0.1) is 0 Å². The van der Waals surface area contributed by atoms with E-state index in [2.05, 4.69) is 37.3 Å². The Morgan fingerprint density at radius 2 is 2.06 bits per heavy atom. The quantitative estimate of drug-likeness (QED) is 0.856. The summed E-state index contributed by atoms with van der Waals surface area (Å²) in [4.78, 5) is 0. The fourth-order valence-corrected chi connectivity index (χ4v) is 2.65. The van der Waals surface area contributed by atoms with Crippen molar-refractivity contribution in [3.63, 3.8) is 0 Å². The summed E-state index contributed by atoms with van der Waals surface area (Å²) in [5.74, 6) is 0.972. The lowest BCUT2D eigenvalue weighted by Gasteiger charge is -2.22. The average molecular weight is 228 g/mol. The predicted molar refractivity (Wildman–Crippen MR) is 68.4 cm³/mol. The van der Waals surface area contributed by atoms with E-state index in [-0.39, 0.29) is 12.2 Å². The third-order valence-corrected chi connectivity index (χ3v) is 3.55. The van der Waals surface area contributed by atoms with Crippen LogP contribution >= 0.6 is 0 Å². The lowest BCUT2D eigenvalue weighted by Crippen LogP contribution is -2.31. The molecule has 1 aliphatic heterocycles. The van der Waals surface area contributed by atoms with Crippen LogP contribution in [0.15, 0.2) is 36.4 Å². The van der Waals surface area contributed by atoms with Gasteiger partial charge in [-0.15, -0.1) is 0 Å². The summed E-state index contributed by atoms with van der Waals surface area (Å²) >= 11 is 0. The molecule has 0 fully saturated rings. The summed E-state index contributed by atoms with van der Waals surface area (Å²) in [7, 11) is 0. The molecule has 0 amide bonds. The lowest BCUT2D eigenvalue weighted by atomic mass is 9.93. The minimum Gasteiger partial charge on any atom is -0.487 e. The van der Waals surface area contributed by atoms with Gasteiger partial charge in [0.15, 0.2) is 0 Å². The van der Waals surface area contributed by atoms with Crippen molar-refractivity contribution in [3.8, 4) is 5.75 Å². The maximum Gasteiger partial charge on any atom is 0.124 e. The van der Waals surface area contributed by atoms with Crippen LogP contribution in [0.4, 0.5) is 0 Å². The molecular weight excluding hydrogens is 212 g/mol. The van der Waals surface area contributed by atoms with Crippen molar-refractivity contribution in [2.75, 3.05) is 6.61 Å². The Labute approximate surface area is 101 Å². The molecule has 17 heavy (non-hydrogen) atoms. The highest BCUT2D eigenvalue weighted by Gasteiger charge is 2.35. The van der Waals surface area contributed by atoms with E-state index in [1.807, 2.05) is 6.07 Å². The molecule has 1 heterocycles. The van der Waals surface area contributed by atoms with Gasteiger partial charge < -0.3 is 9.84 Å². The second-order valence-electron chi connectivity index (χ2n) is 4.97. The van der Waals surface area contributed by atoms with Crippen molar-refractivity contribution in [2.24, 2.45) is 0 Å². The van der Waals surface area contributed by atoms with E-state index in [9.17, 15) is 0 Å². The van der Waals surface area contributed by atoms with Crippen molar-refractivity contribution < 1.29 is 9.84 Å². The zero-order chi connectivity index (χ0) is 11.9. The summed E-state index contributed by atoms with van der Waals surface area (Å²) in [6.45, 7) is 2.24. The lowest BCUT2D eigenvalue weighted by molar-refractivity contribution is 0.0812. The summed E-state index contributed by atoms with van der Waals surface area (Å²) in [6, 6.07) is 12.5. The number of hydrogen-bond acceptors (Lipinski definition) is 2. The van der Waals surface area contributed by atoms with Crippen molar-refractivity contribution in [1.82, 2.24) is 0 Å². The van der Waals surface area contributed by atoms with Crippen LogP contribution in [-0.4, -0.2) is 17.3 Å². The molecule has 1 N–H and O–H groups in total. The Bertz CT molecular complexity index is 562. The van der Waals surface area contributed by atoms with Gasteiger partial charge >= 0.3 is 0 Å². The second kappa shape index (κ2) is 3.74. The maximum absolute atomic E-state index is 9.10. The summed E-state index contributed by atoms with van der Waals surface area (Å²) < 4.78 is 5.98. The molecule has 2 aromatic carbocycles. The van der Waals surface area contributed by atoms with Crippen molar-refractivity contribution in [2.45, 2.75) is 25.4 Å². The predicted octanol–water partition coefficient (Wildman–Crippen LogP) is 2.92. The number of benzene rings is 2. The topological polar surface area (TPSA) is 29.5 Å². The van der Waals surface area contributed by atoms with Crippen molar-refractivity contribution >= 4 is 10.8 Å². The monoisotopic (exact) mass is 228 g/mol. The van der Waals surface area contributed by atoms with Gasteiger partial charge in [-0.05, 0) is 23.8 Å². The van der Waals surface area contributed by atoms with Crippen LogP contribution in [0.1, 0.15) is 18.9 Å². The molecule has 1 atom stereocenters. The van der Waals surface area contributed by atoms with Crippen LogP contribution in [-0.2, 0) is 6.42 Å². The molecule has 88 valence electrons. The molecular formula is C15H16O2. The van der Waals surface area contributed by atoms with Crippen LogP contribution in [0.2, 0.25) is 0 Å². The molecule has 2 aromatic rings. The first-order valence-electron chi connectivity index (χ1n) is 6.02. The van der Waals surface area contributed by atoms with Crippen molar-refractivity contribution in [3.05, 3.63) is 42.0 Å². The first-order chi connectivity index (χ1) is 8.22. The van der Waals surface area contributed by atoms with Gasteiger partial charge in [0.2, 0.25) is 0 Å². The molecule has 2 heteroatoms. The van der Waals surface area contributed by atoms with Crippen LogP contribution in [0.5, 0.6) is 5.75 Å². The third-order valence-electron chi connectivity index (χ3n) is 3.55. The number of hydrogen-bond donors (Lipinski definition) is 1. The van der Waals surface area contributed by atoms with E-state index in [1.165, 1.54) is 16.3 Å². The minimum atomic E-state index is -0.249. The molecule has 0 aromatic heterocycles. The van der Waals surface area contributed by atoms with Crippen LogP contribution in [0, 0.1) is 0 Å². The Morgan fingerprint density at radius 3 is 2.88 bits per heavy atom. The largest absolute Gasteiger partial charge is 0.487 e. The minimum absolute atomic E-state index is 0.169. The van der Waals surface area contributed by atoms with Gasteiger partial charge in [-0.25, -0.2) is 0 Å². The highest BCUT2D eigenvalue weighted by Crippen LogP contribution is 2.40. The molecule has 0 radical (unpaired) electrons. The number of ether oxygens (including phenoxy) is 1. The SMILES string of the molecule is CC1(CCO)Cc2c(ccc3ccccc23)O1. The number of aliphatic hydroxyl groups excluding tert-OH is 1. The smallest absolute Gasteiger partial charge is 0.124 e. The first-order valence-corrected chi connectivity index (χ1v) is 6.02. The van der Waals surface area contributed by atoms with E-state index in [0.29, 0.717) is 6.42 Å². The van der Waals surface area contributed by atoms with E-state index in [0.717, 1.165) is 12.2 Å². The number of rotatable bonds is 2. The fraction of sp³-hybridized carbons (Fsp3) is 0.333. The molecule has 1 unspecified atom stereocenters. The van der Waals surface area contributed by atoms with Crippen LogP contribution in [0.3, 0.4) is 0 Å². The molecule has 1 aliphatic rings. The van der Waals surface area contributed by atoms with Crippen LogP contribution < -0.4 is 4.74 Å². The highest BCUT2D eigenvalue weighted by atomic mass is 16.5. The Morgan fingerprint density at radius 1 is 1.24 bits per heavy atom.